The first-order chi connectivity index (χ1) is 12.1. The Morgan fingerprint density at radius 2 is 1.85 bits per heavy atom. The second-order valence-electron chi connectivity index (χ2n) is 6.84. The minimum atomic E-state index is -1.08. The SMILES string of the molecule is C[C@H](NC(=O)C(C)(C)C)C(=O)O[C@@H](C)C(=O)Nc1ncnc2nc[nH]c12. The van der Waals surface area contributed by atoms with Crippen molar-refractivity contribution in [2.75, 3.05) is 5.32 Å². The van der Waals surface area contributed by atoms with Gasteiger partial charge in [-0.15, -0.1) is 0 Å². The second kappa shape index (κ2) is 7.46. The molecule has 2 atom stereocenters. The van der Waals surface area contributed by atoms with Crippen molar-refractivity contribution >= 4 is 34.8 Å². The molecule has 2 aromatic heterocycles. The van der Waals surface area contributed by atoms with E-state index >= 15 is 0 Å². The van der Waals surface area contributed by atoms with Gasteiger partial charge in [0, 0.05) is 5.41 Å². The molecule has 2 rings (SSSR count). The molecule has 0 bridgehead atoms. The lowest BCUT2D eigenvalue weighted by atomic mass is 9.95. The number of anilines is 1. The Balaban J connectivity index is 1.95. The Kier molecular flexibility index (Phi) is 5.53. The number of ether oxygens (including phenoxy) is 1. The number of aromatic amines is 1. The summed E-state index contributed by atoms with van der Waals surface area (Å²) < 4.78 is 5.12. The van der Waals surface area contributed by atoms with Crippen LogP contribution in [0.2, 0.25) is 0 Å². The van der Waals surface area contributed by atoms with E-state index in [0.29, 0.717) is 11.2 Å². The van der Waals surface area contributed by atoms with Crippen molar-refractivity contribution in [1.82, 2.24) is 25.3 Å². The summed E-state index contributed by atoms with van der Waals surface area (Å²) in [4.78, 5) is 51.0. The van der Waals surface area contributed by atoms with E-state index in [1.54, 1.807) is 20.8 Å². The number of nitrogens with one attached hydrogen (secondary N) is 3. The third-order valence-corrected chi connectivity index (χ3v) is 3.51. The topological polar surface area (TPSA) is 139 Å². The number of hydrogen-bond donors (Lipinski definition) is 3. The summed E-state index contributed by atoms with van der Waals surface area (Å²) in [6, 6.07) is -0.879. The normalized spacial score (nSPS) is 13.7. The summed E-state index contributed by atoms with van der Waals surface area (Å²) in [5.41, 5.74) is 0.226. The average Bonchev–Trinajstić information content (AvgIpc) is 3.03. The van der Waals surface area contributed by atoms with Crippen LogP contribution in [0.25, 0.3) is 11.2 Å². The lowest BCUT2D eigenvalue weighted by Gasteiger charge is -2.22. The van der Waals surface area contributed by atoms with Gasteiger partial charge < -0.3 is 20.4 Å². The quantitative estimate of drug-likeness (QED) is 0.668. The van der Waals surface area contributed by atoms with Gasteiger partial charge in [0.1, 0.15) is 17.9 Å². The lowest BCUT2D eigenvalue weighted by molar-refractivity contribution is -0.156. The number of carbonyl (C=O) groups is 3. The number of fused-ring (bicyclic) bond motifs is 1. The standard InChI is InChI=1S/C16H22N6O4/c1-8(21-15(25)16(3,4)5)14(24)26-9(2)13(23)22-12-10-11(18-6-17-10)19-7-20-12/h6-9H,1-5H3,(H,21,25)(H2,17,18,19,20,22,23)/t8-,9-/m0/s1. The van der Waals surface area contributed by atoms with Gasteiger partial charge in [-0.3, -0.25) is 9.59 Å². The fraction of sp³-hybridized carbons (Fsp3) is 0.500. The maximum atomic E-state index is 12.2. The van der Waals surface area contributed by atoms with E-state index in [9.17, 15) is 14.4 Å². The molecule has 0 aliphatic carbocycles. The number of amides is 2. The van der Waals surface area contributed by atoms with Crippen LogP contribution in [0.3, 0.4) is 0 Å². The molecule has 0 aliphatic rings. The van der Waals surface area contributed by atoms with E-state index in [-0.39, 0.29) is 11.7 Å². The van der Waals surface area contributed by atoms with Crippen molar-refractivity contribution in [3.63, 3.8) is 0 Å². The molecule has 0 spiro atoms. The summed E-state index contributed by atoms with van der Waals surface area (Å²) in [7, 11) is 0. The Morgan fingerprint density at radius 1 is 1.15 bits per heavy atom. The lowest BCUT2D eigenvalue weighted by Crippen LogP contribution is -2.46. The molecule has 0 fully saturated rings. The van der Waals surface area contributed by atoms with E-state index in [0.717, 1.165) is 0 Å². The summed E-state index contributed by atoms with van der Waals surface area (Å²) >= 11 is 0. The van der Waals surface area contributed by atoms with Crippen molar-refractivity contribution in [2.24, 2.45) is 5.41 Å². The van der Waals surface area contributed by atoms with Crippen LogP contribution < -0.4 is 10.6 Å². The summed E-state index contributed by atoms with van der Waals surface area (Å²) in [5.74, 6) is -1.34. The molecule has 0 saturated heterocycles. The predicted molar refractivity (Wildman–Crippen MR) is 92.9 cm³/mol. The molecule has 10 nitrogen and oxygen atoms in total. The van der Waals surface area contributed by atoms with Crippen LogP contribution in [0.1, 0.15) is 34.6 Å². The molecule has 0 unspecified atom stereocenters. The highest BCUT2D eigenvalue weighted by Crippen LogP contribution is 2.15. The fourth-order valence-electron chi connectivity index (χ4n) is 1.88. The summed E-state index contributed by atoms with van der Waals surface area (Å²) in [6.07, 6.45) is 1.61. The van der Waals surface area contributed by atoms with Gasteiger partial charge in [-0.25, -0.2) is 19.7 Å². The monoisotopic (exact) mass is 362 g/mol. The summed E-state index contributed by atoms with van der Waals surface area (Å²) in [6.45, 7) is 8.11. The van der Waals surface area contributed by atoms with Crippen LogP contribution in [0.4, 0.5) is 5.82 Å². The van der Waals surface area contributed by atoms with Crippen LogP contribution in [0, 0.1) is 5.41 Å². The number of esters is 1. The molecule has 2 aromatic rings. The fourth-order valence-corrected chi connectivity index (χ4v) is 1.88. The smallest absolute Gasteiger partial charge is 0.329 e. The third-order valence-electron chi connectivity index (χ3n) is 3.51. The van der Waals surface area contributed by atoms with Gasteiger partial charge >= 0.3 is 5.97 Å². The number of carbonyl (C=O) groups excluding carboxylic acids is 3. The van der Waals surface area contributed by atoms with E-state index in [1.165, 1.54) is 26.5 Å². The zero-order valence-corrected chi connectivity index (χ0v) is 15.3. The number of hydrogen-bond acceptors (Lipinski definition) is 7. The van der Waals surface area contributed by atoms with Crippen LogP contribution in [0.15, 0.2) is 12.7 Å². The van der Waals surface area contributed by atoms with Crippen molar-refractivity contribution in [1.29, 1.82) is 0 Å². The van der Waals surface area contributed by atoms with E-state index in [4.69, 9.17) is 4.74 Å². The molecule has 0 aliphatic heterocycles. The van der Waals surface area contributed by atoms with E-state index in [1.807, 2.05) is 0 Å². The van der Waals surface area contributed by atoms with Crippen LogP contribution >= 0.6 is 0 Å². The van der Waals surface area contributed by atoms with Crippen molar-refractivity contribution < 1.29 is 19.1 Å². The van der Waals surface area contributed by atoms with Crippen LogP contribution in [-0.2, 0) is 19.1 Å². The number of rotatable bonds is 5. The summed E-state index contributed by atoms with van der Waals surface area (Å²) in [5, 5.41) is 5.11. The van der Waals surface area contributed by atoms with Gasteiger partial charge in [-0.05, 0) is 13.8 Å². The number of nitrogens with zero attached hydrogens (tertiary/aromatic N) is 3. The zero-order valence-electron chi connectivity index (χ0n) is 15.3. The maximum absolute atomic E-state index is 12.2. The van der Waals surface area contributed by atoms with Gasteiger partial charge in [0.05, 0.1) is 6.33 Å². The number of imidazole rings is 1. The largest absolute Gasteiger partial charge is 0.451 e. The average molecular weight is 362 g/mol. The Hall–Kier alpha value is -3.04. The van der Waals surface area contributed by atoms with Gasteiger partial charge in [0.25, 0.3) is 5.91 Å². The molecule has 10 heteroatoms. The molecule has 140 valence electrons. The first-order valence-electron chi connectivity index (χ1n) is 8.06. The minimum Gasteiger partial charge on any atom is -0.451 e. The molecule has 2 amide bonds. The zero-order chi connectivity index (χ0) is 19.5. The highest BCUT2D eigenvalue weighted by Gasteiger charge is 2.28. The number of aromatic nitrogens is 4. The Bertz CT molecular complexity index is 825. The first kappa shape index (κ1) is 19.3. The van der Waals surface area contributed by atoms with Crippen molar-refractivity contribution in [3.05, 3.63) is 12.7 Å². The van der Waals surface area contributed by atoms with E-state index in [2.05, 4.69) is 30.6 Å². The molecule has 2 heterocycles. The highest BCUT2D eigenvalue weighted by molar-refractivity contribution is 5.99. The second-order valence-corrected chi connectivity index (χ2v) is 6.84. The predicted octanol–water partition coefficient (Wildman–Crippen LogP) is 0.774. The molecule has 3 N–H and O–H groups in total. The minimum absolute atomic E-state index is 0.231. The molecular weight excluding hydrogens is 340 g/mol. The van der Waals surface area contributed by atoms with E-state index < -0.39 is 29.4 Å². The van der Waals surface area contributed by atoms with Crippen molar-refractivity contribution in [2.45, 2.75) is 46.8 Å². The van der Waals surface area contributed by atoms with Crippen LogP contribution in [0.5, 0.6) is 0 Å². The molecule has 0 aromatic carbocycles. The van der Waals surface area contributed by atoms with Gasteiger partial charge in [-0.1, -0.05) is 20.8 Å². The first-order valence-corrected chi connectivity index (χ1v) is 8.06. The van der Waals surface area contributed by atoms with Gasteiger partial charge in [-0.2, -0.15) is 0 Å². The third kappa shape index (κ3) is 4.52. The molecule has 26 heavy (non-hydrogen) atoms. The molecule has 0 saturated carbocycles. The molecule has 0 radical (unpaired) electrons. The molecular formula is C16H22N6O4. The maximum Gasteiger partial charge on any atom is 0.329 e. The van der Waals surface area contributed by atoms with Crippen LogP contribution in [-0.4, -0.2) is 49.9 Å². The Labute approximate surface area is 150 Å². The van der Waals surface area contributed by atoms with Gasteiger partial charge in [0.15, 0.2) is 17.6 Å². The van der Waals surface area contributed by atoms with Gasteiger partial charge in [0.2, 0.25) is 5.91 Å². The number of H-pyrrole nitrogens is 1. The highest BCUT2D eigenvalue weighted by atomic mass is 16.5. The van der Waals surface area contributed by atoms with Crippen molar-refractivity contribution in [3.8, 4) is 0 Å². The Morgan fingerprint density at radius 3 is 2.50 bits per heavy atom.